The SMILES string of the molecule is Nc1c(F)cc(F)cc1Nc1cccc2cnccc12. The first-order chi connectivity index (χ1) is 9.65. The van der Waals surface area contributed by atoms with Gasteiger partial charge in [-0.05, 0) is 18.2 Å². The van der Waals surface area contributed by atoms with E-state index in [0.717, 1.165) is 16.8 Å². The van der Waals surface area contributed by atoms with Crippen molar-refractivity contribution in [3.05, 3.63) is 60.4 Å². The standard InChI is InChI=1S/C15H11F2N3/c16-10-6-12(17)15(18)14(7-10)20-13-3-1-2-9-8-19-5-4-11(9)13/h1-8,20H,18H2. The number of anilines is 3. The Bertz CT molecular complexity index is 782. The number of nitrogens with one attached hydrogen (secondary N) is 1. The lowest BCUT2D eigenvalue weighted by molar-refractivity contribution is 0.587. The third-order valence-electron chi connectivity index (χ3n) is 3.04. The van der Waals surface area contributed by atoms with Crippen LogP contribution in [0.5, 0.6) is 0 Å². The van der Waals surface area contributed by atoms with Crippen molar-refractivity contribution in [3.63, 3.8) is 0 Å². The molecule has 0 saturated carbocycles. The predicted molar refractivity (Wildman–Crippen MR) is 75.8 cm³/mol. The summed E-state index contributed by atoms with van der Waals surface area (Å²) in [5.41, 5.74) is 6.42. The van der Waals surface area contributed by atoms with Crippen molar-refractivity contribution in [2.24, 2.45) is 0 Å². The minimum atomic E-state index is -0.783. The van der Waals surface area contributed by atoms with Crippen molar-refractivity contribution in [1.29, 1.82) is 0 Å². The second kappa shape index (κ2) is 4.77. The van der Waals surface area contributed by atoms with E-state index < -0.39 is 11.6 Å². The fraction of sp³-hybridized carbons (Fsp3) is 0. The van der Waals surface area contributed by atoms with Gasteiger partial charge in [-0.3, -0.25) is 4.98 Å². The average Bonchev–Trinajstić information content (AvgIpc) is 2.44. The predicted octanol–water partition coefficient (Wildman–Crippen LogP) is 3.84. The van der Waals surface area contributed by atoms with Gasteiger partial charge in [0.2, 0.25) is 0 Å². The third-order valence-corrected chi connectivity index (χ3v) is 3.04. The number of nitrogens with zero attached hydrogens (tertiary/aromatic N) is 1. The van der Waals surface area contributed by atoms with Crippen LogP contribution in [0, 0.1) is 11.6 Å². The summed E-state index contributed by atoms with van der Waals surface area (Å²) in [5.74, 6) is -1.46. The van der Waals surface area contributed by atoms with Gasteiger partial charge < -0.3 is 11.1 Å². The number of benzene rings is 2. The molecular formula is C15H11F2N3. The molecule has 1 aromatic heterocycles. The van der Waals surface area contributed by atoms with E-state index in [9.17, 15) is 8.78 Å². The van der Waals surface area contributed by atoms with Crippen LogP contribution in [0.2, 0.25) is 0 Å². The maximum Gasteiger partial charge on any atom is 0.151 e. The number of fused-ring (bicyclic) bond motifs is 1. The lowest BCUT2D eigenvalue weighted by Gasteiger charge is -2.12. The van der Waals surface area contributed by atoms with Crippen molar-refractivity contribution < 1.29 is 8.78 Å². The van der Waals surface area contributed by atoms with Crippen LogP contribution in [-0.2, 0) is 0 Å². The van der Waals surface area contributed by atoms with Crippen LogP contribution in [0.4, 0.5) is 25.8 Å². The Hall–Kier alpha value is -2.69. The van der Waals surface area contributed by atoms with Crippen LogP contribution in [0.25, 0.3) is 10.8 Å². The second-order valence-electron chi connectivity index (χ2n) is 4.38. The molecule has 0 aliphatic rings. The molecule has 0 saturated heterocycles. The quantitative estimate of drug-likeness (QED) is 0.696. The molecule has 3 nitrogen and oxygen atoms in total. The van der Waals surface area contributed by atoms with E-state index in [-0.39, 0.29) is 11.4 Å². The van der Waals surface area contributed by atoms with Gasteiger partial charge in [-0.1, -0.05) is 12.1 Å². The maximum absolute atomic E-state index is 13.4. The summed E-state index contributed by atoms with van der Waals surface area (Å²) in [6.07, 6.45) is 3.37. The summed E-state index contributed by atoms with van der Waals surface area (Å²) in [6.45, 7) is 0. The van der Waals surface area contributed by atoms with Gasteiger partial charge in [0, 0.05) is 34.9 Å². The van der Waals surface area contributed by atoms with E-state index in [1.807, 2.05) is 24.3 Å². The van der Waals surface area contributed by atoms with Gasteiger partial charge in [0.15, 0.2) is 5.82 Å². The molecule has 5 heteroatoms. The molecule has 0 aliphatic carbocycles. The Morgan fingerprint density at radius 3 is 2.75 bits per heavy atom. The van der Waals surface area contributed by atoms with Crippen LogP contribution in [0.15, 0.2) is 48.8 Å². The first-order valence-electron chi connectivity index (χ1n) is 5.99. The lowest BCUT2D eigenvalue weighted by Crippen LogP contribution is -2.00. The molecule has 2 aromatic carbocycles. The van der Waals surface area contributed by atoms with E-state index in [1.54, 1.807) is 12.4 Å². The third kappa shape index (κ3) is 2.14. The highest BCUT2D eigenvalue weighted by Crippen LogP contribution is 2.30. The molecule has 1 heterocycles. The van der Waals surface area contributed by atoms with Crippen LogP contribution in [0.1, 0.15) is 0 Å². The Labute approximate surface area is 114 Å². The topological polar surface area (TPSA) is 50.9 Å². The zero-order chi connectivity index (χ0) is 14.1. The molecule has 0 radical (unpaired) electrons. The molecule has 100 valence electrons. The number of halogens is 2. The molecule has 0 bridgehead atoms. The van der Waals surface area contributed by atoms with E-state index in [4.69, 9.17) is 5.73 Å². The van der Waals surface area contributed by atoms with Gasteiger partial charge in [0.1, 0.15) is 5.82 Å². The Balaban J connectivity index is 2.10. The Morgan fingerprint density at radius 1 is 1.05 bits per heavy atom. The monoisotopic (exact) mass is 271 g/mol. The summed E-state index contributed by atoms with van der Waals surface area (Å²) in [4.78, 5) is 4.03. The number of nitrogen functional groups attached to an aromatic ring is 1. The molecule has 3 N–H and O–H groups in total. The van der Waals surface area contributed by atoms with E-state index in [1.165, 1.54) is 6.07 Å². The molecule has 3 aromatic rings. The first-order valence-corrected chi connectivity index (χ1v) is 5.99. The van der Waals surface area contributed by atoms with Gasteiger partial charge in [-0.25, -0.2) is 8.78 Å². The molecule has 3 rings (SSSR count). The van der Waals surface area contributed by atoms with Crippen LogP contribution in [-0.4, -0.2) is 4.98 Å². The summed E-state index contributed by atoms with van der Waals surface area (Å²) >= 11 is 0. The van der Waals surface area contributed by atoms with Crippen LogP contribution in [0.3, 0.4) is 0 Å². The number of aromatic nitrogens is 1. The Morgan fingerprint density at radius 2 is 1.90 bits per heavy atom. The zero-order valence-electron chi connectivity index (χ0n) is 10.4. The highest BCUT2D eigenvalue weighted by atomic mass is 19.1. The molecular weight excluding hydrogens is 260 g/mol. The molecule has 20 heavy (non-hydrogen) atoms. The lowest BCUT2D eigenvalue weighted by atomic mass is 10.1. The summed E-state index contributed by atoms with van der Waals surface area (Å²) in [7, 11) is 0. The summed E-state index contributed by atoms with van der Waals surface area (Å²) < 4.78 is 26.7. The number of nitrogens with two attached hydrogens (primary N) is 1. The number of hydrogen-bond donors (Lipinski definition) is 2. The normalized spacial score (nSPS) is 10.7. The number of hydrogen-bond acceptors (Lipinski definition) is 3. The number of rotatable bonds is 2. The van der Waals surface area contributed by atoms with Gasteiger partial charge in [0.05, 0.1) is 11.4 Å². The van der Waals surface area contributed by atoms with Crippen LogP contribution >= 0.6 is 0 Å². The van der Waals surface area contributed by atoms with Crippen molar-refractivity contribution in [2.75, 3.05) is 11.1 Å². The van der Waals surface area contributed by atoms with Crippen molar-refractivity contribution in [1.82, 2.24) is 4.98 Å². The molecule has 0 spiro atoms. The maximum atomic E-state index is 13.4. The van der Waals surface area contributed by atoms with Gasteiger partial charge in [-0.15, -0.1) is 0 Å². The van der Waals surface area contributed by atoms with E-state index in [2.05, 4.69) is 10.3 Å². The minimum absolute atomic E-state index is 0.113. The fourth-order valence-corrected chi connectivity index (χ4v) is 2.06. The highest BCUT2D eigenvalue weighted by molar-refractivity contribution is 5.95. The first kappa shape index (κ1) is 12.3. The van der Waals surface area contributed by atoms with E-state index in [0.29, 0.717) is 5.69 Å². The Kier molecular flexibility index (Phi) is 2.95. The largest absolute Gasteiger partial charge is 0.395 e. The smallest absolute Gasteiger partial charge is 0.151 e. The van der Waals surface area contributed by atoms with Crippen molar-refractivity contribution in [3.8, 4) is 0 Å². The van der Waals surface area contributed by atoms with E-state index >= 15 is 0 Å². The molecule has 0 aliphatic heterocycles. The minimum Gasteiger partial charge on any atom is -0.395 e. The second-order valence-corrected chi connectivity index (χ2v) is 4.38. The molecule has 0 unspecified atom stereocenters. The summed E-state index contributed by atoms with van der Waals surface area (Å²) in [6, 6.07) is 9.29. The van der Waals surface area contributed by atoms with Crippen molar-refractivity contribution in [2.45, 2.75) is 0 Å². The van der Waals surface area contributed by atoms with Gasteiger partial charge in [-0.2, -0.15) is 0 Å². The number of pyridine rings is 1. The molecule has 0 fully saturated rings. The van der Waals surface area contributed by atoms with Gasteiger partial charge in [0.25, 0.3) is 0 Å². The molecule has 0 amide bonds. The van der Waals surface area contributed by atoms with Crippen molar-refractivity contribution >= 4 is 27.8 Å². The summed E-state index contributed by atoms with van der Waals surface area (Å²) in [5, 5.41) is 4.78. The van der Waals surface area contributed by atoms with Crippen LogP contribution < -0.4 is 11.1 Å². The fourth-order valence-electron chi connectivity index (χ4n) is 2.06. The van der Waals surface area contributed by atoms with Gasteiger partial charge >= 0.3 is 0 Å². The zero-order valence-corrected chi connectivity index (χ0v) is 10.4. The average molecular weight is 271 g/mol. The molecule has 0 atom stereocenters. The highest BCUT2D eigenvalue weighted by Gasteiger charge is 2.09.